The van der Waals surface area contributed by atoms with Gasteiger partial charge in [-0.25, -0.2) is 0 Å². The van der Waals surface area contributed by atoms with Crippen molar-refractivity contribution in [3.05, 3.63) is 156 Å². The third kappa shape index (κ3) is 3.29. The molecule has 0 saturated carbocycles. The van der Waals surface area contributed by atoms with Crippen molar-refractivity contribution < 1.29 is 0 Å². The fraction of sp³-hybridized carbons (Fsp3) is 0.130. The van der Waals surface area contributed by atoms with Gasteiger partial charge in [0, 0.05) is 10.8 Å². The highest BCUT2D eigenvalue weighted by atomic mass is 14.4. The molecule has 0 aromatic heterocycles. The van der Waals surface area contributed by atoms with Crippen LogP contribution in [0.5, 0.6) is 0 Å². The van der Waals surface area contributed by atoms with E-state index in [-0.39, 0.29) is 10.8 Å². The lowest BCUT2D eigenvalue weighted by atomic mass is 9.79. The van der Waals surface area contributed by atoms with Crippen molar-refractivity contribution in [3.8, 4) is 44.5 Å². The van der Waals surface area contributed by atoms with Crippen molar-refractivity contribution in [2.24, 2.45) is 0 Å². The second kappa shape index (κ2) is 8.74. The van der Waals surface area contributed by atoms with E-state index in [0.717, 1.165) is 0 Å². The summed E-state index contributed by atoms with van der Waals surface area (Å²) in [7, 11) is 0. The Kier molecular flexibility index (Phi) is 4.95. The molecule has 0 radical (unpaired) electrons. The largest absolute Gasteiger partial charge is 0.0619 e. The van der Waals surface area contributed by atoms with Crippen molar-refractivity contribution in [3.63, 3.8) is 0 Å². The average molecular weight is 587 g/mol. The molecule has 0 heterocycles. The molecule has 8 aromatic carbocycles. The molecule has 0 nitrogen and oxygen atoms in total. The molecule has 0 bridgehead atoms. The highest BCUT2D eigenvalue weighted by Gasteiger charge is 2.37. The van der Waals surface area contributed by atoms with E-state index in [2.05, 4.69) is 161 Å². The summed E-state index contributed by atoms with van der Waals surface area (Å²) in [4.78, 5) is 0. The van der Waals surface area contributed by atoms with Crippen molar-refractivity contribution >= 4 is 32.3 Å². The van der Waals surface area contributed by atoms with Gasteiger partial charge in [-0.2, -0.15) is 0 Å². The summed E-state index contributed by atoms with van der Waals surface area (Å²) >= 11 is 0. The lowest BCUT2D eigenvalue weighted by Crippen LogP contribution is -2.15. The van der Waals surface area contributed by atoms with E-state index in [9.17, 15) is 0 Å². The SMILES string of the molecule is CC1(C)c2ccccc2-c2ccc(-c3ccc4c(c3)C(C)(C)c3cc(-c5ccc6ccc7cccc8ccc5c6c78)ccc3-4)cc21. The second-order valence-corrected chi connectivity index (χ2v) is 14.5. The molecule has 0 N–H and O–H groups in total. The summed E-state index contributed by atoms with van der Waals surface area (Å²) in [6.45, 7) is 9.53. The zero-order chi connectivity index (χ0) is 30.9. The molecule has 218 valence electrons. The van der Waals surface area contributed by atoms with E-state index < -0.39 is 0 Å². The van der Waals surface area contributed by atoms with Crippen LogP contribution in [-0.4, -0.2) is 0 Å². The van der Waals surface area contributed by atoms with Crippen LogP contribution in [0.1, 0.15) is 49.9 Å². The molecule has 10 rings (SSSR count). The summed E-state index contributed by atoms with van der Waals surface area (Å²) in [6, 6.07) is 50.7. The van der Waals surface area contributed by atoms with Gasteiger partial charge in [-0.05, 0) is 117 Å². The lowest BCUT2D eigenvalue weighted by Gasteiger charge is -2.24. The third-order valence-electron chi connectivity index (χ3n) is 11.4. The van der Waals surface area contributed by atoms with Gasteiger partial charge < -0.3 is 0 Å². The van der Waals surface area contributed by atoms with Crippen LogP contribution < -0.4 is 0 Å². The van der Waals surface area contributed by atoms with Crippen molar-refractivity contribution in [2.45, 2.75) is 38.5 Å². The molecule has 0 saturated heterocycles. The first-order valence-corrected chi connectivity index (χ1v) is 16.5. The smallest absolute Gasteiger partial charge is 0.0159 e. The van der Waals surface area contributed by atoms with E-state index in [1.165, 1.54) is 99.1 Å². The van der Waals surface area contributed by atoms with Crippen LogP contribution in [0.4, 0.5) is 0 Å². The molecular weight excluding hydrogens is 553 g/mol. The number of hydrogen-bond acceptors (Lipinski definition) is 0. The molecule has 0 aliphatic heterocycles. The fourth-order valence-corrected chi connectivity index (χ4v) is 8.96. The van der Waals surface area contributed by atoms with E-state index >= 15 is 0 Å². The van der Waals surface area contributed by atoms with Gasteiger partial charge in [-0.15, -0.1) is 0 Å². The van der Waals surface area contributed by atoms with Crippen molar-refractivity contribution in [1.82, 2.24) is 0 Å². The minimum absolute atomic E-state index is 0.00426. The standard InChI is InChI=1S/C46H34/c1-45(2)39-11-6-5-10-34(39)35-20-16-30(24-40(35)45)31-17-21-36-37-22-18-32(26-42(37)46(3,4)41(36)25-31)33-19-14-29-13-12-27-8-7-9-28-15-23-38(33)44(29)43(27)28/h5-26H,1-4H3. The van der Waals surface area contributed by atoms with Crippen LogP contribution in [0.15, 0.2) is 133 Å². The molecule has 0 fully saturated rings. The molecule has 2 aliphatic carbocycles. The van der Waals surface area contributed by atoms with Gasteiger partial charge in [0.1, 0.15) is 0 Å². The first-order chi connectivity index (χ1) is 22.3. The first kappa shape index (κ1) is 26.1. The molecule has 0 amide bonds. The Balaban J connectivity index is 1.08. The van der Waals surface area contributed by atoms with Gasteiger partial charge in [0.25, 0.3) is 0 Å². The van der Waals surface area contributed by atoms with Gasteiger partial charge in [0.05, 0.1) is 0 Å². The Morgan fingerprint density at radius 2 is 0.783 bits per heavy atom. The molecule has 0 atom stereocenters. The van der Waals surface area contributed by atoms with Gasteiger partial charge in [0.15, 0.2) is 0 Å². The van der Waals surface area contributed by atoms with Crippen LogP contribution in [0.25, 0.3) is 76.8 Å². The number of benzene rings is 8. The van der Waals surface area contributed by atoms with Crippen LogP contribution in [-0.2, 0) is 10.8 Å². The molecule has 0 heteroatoms. The molecule has 0 spiro atoms. The molecule has 8 aromatic rings. The summed E-state index contributed by atoms with van der Waals surface area (Å²) in [6.07, 6.45) is 0. The van der Waals surface area contributed by atoms with Crippen molar-refractivity contribution in [2.75, 3.05) is 0 Å². The Hall–Kier alpha value is -5.20. The van der Waals surface area contributed by atoms with E-state index in [0.29, 0.717) is 0 Å². The molecular formula is C46H34. The van der Waals surface area contributed by atoms with Crippen LogP contribution in [0.2, 0.25) is 0 Å². The minimum atomic E-state index is -0.104. The maximum atomic E-state index is 2.47. The summed E-state index contributed by atoms with van der Waals surface area (Å²) in [5.74, 6) is 0. The summed E-state index contributed by atoms with van der Waals surface area (Å²) in [5, 5.41) is 8.01. The fourth-order valence-electron chi connectivity index (χ4n) is 8.96. The normalized spacial score (nSPS) is 15.3. The number of rotatable bonds is 2. The Labute approximate surface area is 270 Å². The zero-order valence-electron chi connectivity index (χ0n) is 26.7. The van der Waals surface area contributed by atoms with Gasteiger partial charge in [-0.3, -0.25) is 0 Å². The minimum Gasteiger partial charge on any atom is -0.0619 e. The monoisotopic (exact) mass is 586 g/mol. The lowest BCUT2D eigenvalue weighted by molar-refractivity contribution is 0.659. The predicted molar refractivity (Wildman–Crippen MR) is 196 cm³/mol. The molecule has 0 unspecified atom stereocenters. The van der Waals surface area contributed by atoms with Gasteiger partial charge >= 0.3 is 0 Å². The Morgan fingerprint density at radius 1 is 0.326 bits per heavy atom. The maximum absolute atomic E-state index is 2.47. The quantitative estimate of drug-likeness (QED) is 0.177. The molecule has 46 heavy (non-hydrogen) atoms. The third-order valence-corrected chi connectivity index (χ3v) is 11.4. The van der Waals surface area contributed by atoms with Crippen molar-refractivity contribution in [1.29, 1.82) is 0 Å². The van der Waals surface area contributed by atoms with Crippen LogP contribution in [0.3, 0.4) is 0 Å². The Morgan fingerprint density at radius 3 is 1.43 bits per heavy atom. The van der Waals surface area contributed by atoms with E-state index in [1.54, 1.807) is 0 Å². The predicted octanol–water partition coefficient (Wildman–Crippen LogP) is 12.5. The second-order valence-electron chi connectivity index (χ2n) is 14.5. The summed E-state index contributed by atoms with van der Waals surface area (Å²) < 4.78 is 0. The van der Waals surface area contributed by atoms with Crippen LogP contribution in [0, 0.1) is 0 Å². The zero-order valence-corrected chi connectivity index (χ0v) is 26.7. The number of hydrogen-bond donors (Lipinski definition) is 0. The average Bonchev–Trinajstić information content (AvgIpc) is 3.46. The number of fused-ring (bicyclic) bond motifs is 6. The first-order valence-electron chi connectivity index (χ1n) is 16.5. The highest BCUT2D eigenvalue weighted by molar-refractivity contribution is 6.25. The van der Waals surface area contributed by atoms with E-state index in [4.69, 9.17) is 0 Å². The molecule has 2 aliphatic rings. The van der Waals surface area contributed by atoms with Gasteiger partial charge in [0.2, 0.25) is 0 Å². The summed E-state index contributed by atoms with van der Waals surface area (Å²) in [5.41, 5.74) is 16.2. The highest BCUT2D eigenvalue weighted by Crippen LogP contribution is 2.53. The topological polar surface area (TPSA) is 0 Å². The maximum Gasteiger partial charge on any atom is 0.0159 e. The van der Waals surface area contributed by atoms with Crippen LogP contribution >= 0.6 is 0 Å². The van der Waals surface area contributed by atoms with E-state index in [1.807, 2.05) is 0 Å². The Bertz CT molecular complexity index is 2560. The van der Waals surface area contributed by atoms with Gasteiger partial charge in [-0.1, -0.05) is 143 Å².